The number of phosphoric acid groups is 1. The van der Waals surface area contributed by atoms with Gasteiger partial charge in [-0.2, -0.15) is 0 Å². The third kappa shape index (κ3) is 34.1. The van der Waals surface area contributed by atoms with Crippen LogP contribution in [-0.2, 0) is 28.2 Å². The zero-order valence-corrected chi connectivity index (χ0v) is 29.1. The molecule has 0 aliphatic heterocycles. The number of ether oxygens (including phenoxy) is 2. The molecule has 0 saturated heterocycles. The highest BCUT2D eigenvalue weighted by atomic mass is 31.2. The maximum Gasteiger partial charge on any atom is 0.469 e. The van der Waals surface area contributed by atoms with Crippen molar-refractivity contribution in [3.63, 3.8) is 0 Å². The molecule has 260 valence electrons. The van der Waals surface area contributed by atoms with Crippen molar-refractivity contribution in [2.24, 2.45) is 0 Å². The summed E-state index contributed by atoms with van der Waals surface area (Å²) < 4.78 is 26.1. The molecule has 0 aromatic carbocycles. The molecule has 9 heteroatoms. The highest BCUT2D eigenvalue weighted by Gasteiger charge is 2.22. The smallest absolute Gasteiger partial charge is 0.462 e. The van der Waals surface area contributed by atoms with E-state index < -0.39 is 32.5 Å². The van der Waals surface area contributed by atoms with Crippen LogP contribution in [0.4, 0.5) is 0 Å². The van der Waals surface area contributed by atoms with Crippen molar-refractivity contribution in [2.75, 3.05) is 13.2 Å². The van der Waals surface area contributed by atoms with Crippen molar-refractivity contribution in [3.05, 3.63) is 85.1 Å². The minimum Gasteiger partial charge on any atom is -0.462 e. The van der Waals surface area contributed by atoms with Gasteiger partial charge in [0.2, 0.25) is 0 Å². The van der Waals surface area contributed by atoms with Gasteiger partial charge >= 0.3 is 19.8 Å². The summed E-state index contributed by atoms with van der Waals surface area (Å²) in [6, 6.07) is 0. The molecule has 0 saturated carbocycles. The van der Waals surface area contributed by atoms with Gasteiger partial charge in [-0.15, -0.1) is 0 Å². The van der Waals surface area contributed by atoms with E-state index in [-0.39, 0.29) is 19.4 Å². The highest BCUT2D eigenvalue weighted by molar-refractivity contribution is 7.46. The van der Waals surface area contributed by atoms with E-state index in [1.165, 1.54) is 6.42 Å². The van der Waals surface area contributed by atoms with E-state index in [1.807, 2.05) is 18.2 Å². The van der Waals surface area contributed by atoms with Gasteiger partial charge in [0, 0.05) is 6.42 Å². The molecule has 1 atom stereocenters. The van der Waals surface area contributed by atoms with E-state index in [9.17, 15) is 14.2 Å². The van der Waals surface area contributed by atoms with Crippen molar-refractivity contribution in [1.29, 1.82) is 0 Å². The Labute approximate surface area is 278 Å². The summed E-state index contributed by atoms with van der Waals surface area (Å²) in [5, 5.41) is 0. The zero-order chi connectivity index (χ0) is 34.0. The van der Waals surface area contributed by atoms with Gasteiger partial charge in [0.1, 0.15) is 6.61 Å². The second-order valence-electron chi connectivity index (χ2n) is 10.8. The van der Waals surface area contributed by atoms with E-state index >= 15 is 0 Å². The quantitative estimate of drug-likeness (QED) is 0.0352. The fourth-order valence-corrected chi connectivity index (χ4v) is 4.31. The van der Waals surface area contributed by atoms with Gasteiger partial charge in [-0.3, -0.25) is 14.1 Å². The van der Waals surface area contributed by atoms with Gasteiger partial charge in [-0.1, -0.05) is 125 Å². The number of carbonyl (C=O) groups is 2. The average Bonchev–Trinajstić information content (AvgIpc) is 3.02. The van der Waals surface area contributed by atoms with E-state index in [2.05, 4.69) is 79.1 Å². The van der Waals surface area contributed by atoms with Gasteiger partial charge in [0.15, 0.2) is 6.10 Å². The fraction of sp³-hybridized carbons (Fsp3) is 0.568. The lowest BCUT2D eigenvalue weighted by molar-refractivity contribution is -0.160. The van der Waals surface area contributed by atoms with Crippen LogP contribution in [0.5, 0.6) is 0 Å². The number of esters is 2. The lowest BCUT2D eigenvalue weighted by atomic mass is 10.1. The van der Waals surface area contributed by atoms with Crippen LogP contribution in [0.3, 0.4) is 0 Å². The van der Waals surface area contributed by atoms with Gasteiger partial charge in [0.05, 0.1) is 13.0 Å². The molecule has 0 fully saturated rings. The number of hydrogen-bond donors (Lipinski definition) is 2. The third-order valence-electron chi connectivity index (χ3n) is 6.41. The molecule has 8 nitrogen and oxygen atoms in total. The Kier molecular flexibility index (Phi) is 30.2. The molecule has 2 N–H and O–H groups in total. The molecule has 0 radical (unpaired) electrons. The van der Waals surface area contributed by atoms with Crippen LogP contribution in [0.1, 0.15) is 117 Å². The molecule has 0 aromatic heterocycles. The number of allylic oxidation sites excluding steroid dienone is 13. The number of phosphoric ester groups is 1. The van der Waals surface area contributed by atoms with Crippen LogP contribution in [0.2, 0.25) is 0 Å². The van der Waals surface area contributed by atoms with E-state index in [4.69, 9.17) is 19.3 Å². The van der Waals surface area contributed by atoms with Gasteiger partial charge in [-0.25, -0.2) is 4.57 Å². The first-order valence-corrected chi connectivity index (χ1v) is 18.4. The molecule has 1 unspecified atom stereocenters. The number of rotatable bonds is 29. The molecule has 46 heavy (non-hydrogen) atoms. The summed E-state index contributed by atoms with van der Waals surface area (Å²) in [7, 11) is -4.78. The summed E-state index contributed by atoms with van der Waals surface area (Å²) in [5.41, 5.74) is 0. The first kappa shape index (κ1) is 43.2. The lowest BCUT2D eigenvalue weighted by Crippen LogP contribution is -2.29. The highest BCUT2D eigenvalue weighted by Crippen LogP contribution is 2.35. The first-order chi connectivity index (χ1) is 22.3. The predicted octanol–water partition coefficient (Wildman–Crippen LogP) is 9.73. The van der Waals surface area contributed by atoms with Crippen molar-refractivity contribution >= 4 is 19.8 Å². The normalized spacial score (nSPS) is 13.6. The zero-order valence-electron chi connectivity index (χ0n) is 28.2. The van der Waals surface area contributed by atoms with Crippen molar-refractivity contribution in [2.45, 2.75) is 123 Å². The molecule has 0 bridgehead atoms. The maximum absolute atomic E-state index is 12.3. The van der Waals surface area contributed by atoms with Crippen LogP contribution in [-0.4, -0.2) is 41.0 Å². The molecule has 0 rings (SSSR count). The number of carbonyl (C=O) groups excluding carboxylic acids is 2. The first-order valence-electron chi connectivity index (χ1n) is 16.9. The topological polar surface area (TPSA) is 119 Å². The molecule has 0 aromatic rings. The van der Waals surface area contributed by atoms with Crippen molar-refractivity contribution in [3.8, 4) is 0 Å². The Hall–Kier alpha value is -2.77. The maximum atomic E-state index is 12.3. The average molecular weight is 663 g/mol. The second kappa shape index (κ2) is 32.2. The van der Waals surface area contributed by atoms with E-state index in [1.54, 1.807) is 6.08 Å². The summed E-state index contributed by atoms with van der Waals surface area (Å²) in [5.74, 6) is -1.06. The Morgan fingerprint density at radius 3 is 1.67 bits per heavy atom. The molecular formula is C37H59O8P. The monoisotopic (exact) mass is 662 g/mol. The fourth-order valence-electron chi connectivity index (χ4n) is 3.95. The van der Waals surface area contributed by atoms with Crippen molar-refractivity contribution < 1.29 is 37.9 Å². The van der Waals surface area contributed by atoms with Gasteiger partial charge < -0.3 is 19.3 Å². The second-order valence-corrected chi connectivity index (χ2v) is 12.0. The van der Waals surface area contributed by atoms with Crippen LogP contribution in [0, 0.1) is 0 Å². The summed E-state index contributed by atoms with van der Waals surface area (Å²) in [4.78, 5) is 42.5. The minimum absolute atomic E-state index is 0.0281. The largest absolute Gasteiger partial charge is 0.469 e. The SMILES string of the molecule is CC/C=C\C/C=C\C/C=C\C/C=C\C/C=C\CC(=O)OC(COC(=O)CCCCCCC/C=C\C/C=C\CCC)COP(=O)(O)O. The Morgan fingerprint density at radius 1 is 0.609 bits per heavy atom. The Balaban J connectivity index is 4.22. The van der Waals surface area contributed by atoms with Crippen LogP contribution in [0.15, 0.2) is 85.1 Å². The Morgan fingerprint density at radius 2 is 1.11 bits per heavy atom. The Bertz CT molecular complexity index is 1020. The van der Waals surface area contributed by atoms with E-state index in [0.717, 1.165) is 70.6 Å². The third-order valence-corrected chi connectivity index (χ3v) is 6.90. The summed E-state index contributed by atoms with van der Waals surface area (Å²) >= 11 is 0. The number of hydrogen-bond acceptors (Lipinski definition) is 6. The molecule has 0 heterocycles. The lowest BCUT2D eigenvalue weighted by Gasteiger charge is -2.18. The van der Waals surface area contributed by atoms with Crippen molar-refractivity contribution in [1.82, 2.24) is 0 Å². The van der Waals surface area contributed by atoms with Gasteiger partial charge in [-0.05, 0) is 64.2 Å². The van der Waals surface area contributed by atoms with Crippen LogP contribution >= 0.6 is 7.82 Å². The standard InChI is InChI=1S/C37H59O8P/c1-3-5-7-9-11-13-15-17-18-20-22-24-26-28-30-32-37(39)45-35(34-44-46(40,41)42)33-43-36(38)31-29-27-25-23-21-19-16-14-12-10-8-6-4-2/h5,7-8,10-11,13-14,16-18,22,24,28,30,35H,3-4,6,9,12,15,19-21,23,25-27,29,31-34H2,1-2H3,(H2,40,41,42)/b7-5-,10-8-,13-11-,16-14-,18-17-,24-22-,30-28-. The predicted molar refractivity (Wildman–Crippen MR) is 188 cm³/mol. The minimum atomic E-state index is -4.78. The molecule has 0 aliphatic carbocycles. The summed E-state index contributed by atoms with van der Waals surface area (Å²) in [6.07, 6.45) is 41.9. The molecule has 0 amide bonds. The number of unbranched alkanes of at least 4 members (excludes halogenated alkanes) is 6. The molecular weight excluding hydrogens is 603 g/mol. The summed E-state index contributed by atoms with van der Waals surface area (Å²) in [6.45, 7) is 3.37. The molecule has 0 aliphatic rings. The molecule has 0 spiro atoms. The van der Waals surface area contributed by atoms with Crippen LogP contribution < -0.4 is 0 Å². The van der Waals surface area contributed by atoms with E-state index in [0.29, 0.717) is 12.8 Å². The van der Waals surface area contributed by atoms with Gasteiger partial charge in [0.25, 0.3) is 0 Å². The van der Waals surface area contributed by atoms with Crippen LogP contribution in [0.25, 0.3) is 0 Å².